The summed E-state index contributed by atoms with van der Waals surface area (Å²) >= 11 is 6.02. The lowest BCUT2D eigenvalue weighted by Crippen LogP contribution is -2.21. The van der Waals surface area contributed by atoms with Gasteiger partial charge in [-0.25, -0.2) is 4.79 Å². The van der Waals surface area contributed by atoms with Crippen molar-refractivity contribution in [1.82, 2.24) is 4.98 Å². The number of ether oxygens (including phenoxy) is 1. The Balaban J connectivity index is 0.000000604. The quantitative estimate of drug-likeness (QED) is 0.244. The summed E-state index contributed by atoms with van der Waals surface area (Å²) in [6.45, 7) is 2.74. The number of pyridine rings is 1. The predicted molar refractivity (Wildman–Crippen MR) is 134 cm³/mol. The fourth-order valence-electron chi connectivity index (χ4n) is 3.12. The molecule has 2 aromatic carbocycles. The summed E-state index contributed by atoms with van der Waals surface area (Å²) in [5.41, 5.74) is 3.16. The molecule has 1 amide bonds. The van der Waals surface area contributed by atoms with Gasteiger partial charge in [0, 0.05) is 40.9 Å². The highest BCUT2D eigenvalue weighted by Crippen LogP contribution is 2.24. The van der Waals surface area contributed by atoms with Crippen LogP contribution in [-0.2, 0) is 25.5 Å². The number of carboxylic acids is 1. The van der Waals surface area contributed by atoms with Crippen molar-refractivity contribution in [3.05, 3.63) is 65.3 Å². The lowest BCUT2D eigenvalue weighted by molar-refractivity contribution is -0.192. The van der Waals surface area contributed by atoms with E-state index >= 15 is 0 Å². The molecule has 12 heteroatoms. The molecule has 0 saturated heterocycles. The van der Waals surface area contributed by atoms with Crippen molar-refractivity contribution in [3.63, 3.8) is 0 Å². The number of rotatable bonds is 9. The summed E-state index contributed by atoms with van der Waals surface area (Å²) in [5, 5.41) is 15.0. The molecule has 37 heavy (non-hydrogen) atoms. The number of esters is 1. The number of carboxylic acid groups (broad SMARTS) is 1. The minimum atomic E-state index is -5.08. The van der Waals surface area contributed by atoms with Crippen LogP contribution in [0.5, 0.6) is 0 Å². The monoisotopic (exact) mass is 539 g/mol. The summed E-state index contributed by atoms with van der Waals surface area (Å²) in [7, 11) is 0. The number of hydrogen-bond acceptors (Lipinski definition) is 6. The second-order valence-electron chi connectivity index (χ2n) is 7.54. The van der Waals surface area contributed by atoms with Gasteiger partial charge in [0.05, 0.1) is 18.5 Å². The van der Waals surface area contributed by atoms with Crippen molar-refractivity contribution >= 4 is 51.7 Å². The lowest BCUT2D eigenvalue weighted by Gasteiger charge is -2.12. The Kier molecular flexibility index (Phi) is 11.1. The van der Waals surface area contributed by atoms with Crippen molar-refractivity contribution < 1.29 is 37.4 Å². The van der Waals surface area contributed by atoms with Gasteiger partial charge in [-0.05, 0) is 49.2 Å². The average Bonchev–Trinajstić information content (AvgIpc) is 2.83. The third kappa shape index (κ3) is 9.96. The van der Waals surface area contributed by atoms with Gasteiger partial charge in [-0.15, -0.1) is 0 Å². The van der Waals surface area contributed by atoms with Gasteiger partial charge in [0.2, 0.25) is 5.91 Å². The van der Waals surface area contributed by atoms with Crippen molar-refractivity contribution in [2.75, 3.05) is 23.8 Å². The molecule has 3 N–H and O–H groups in total. The first-order chi connectivity index (χ1) is 17.5. The van der Waals surface area contributed by atoms with E-state index in [0.717, 1.165) is 22.2 Å². The van der Waals surface area contributed by atoms with Crippen LogP contribution in [0.1, 0.15) is 25.3 Å². The molecule has 0 aliphatic rings. The van der Waals surface area contributed by atoms with E-state index in [4.69, 9.17) is 26.2 Å². The molecule has 1 heterocycles. The van der Waals surface area contributed by atoms with E-state index in [0.29, 0.717) is 36.7 Å². The summed E-state index contributed by atoms with van der Waals surface area (Å²) in [6, 6.07) is 14.8. The van der Waals surface area contributed by atoms with Gasteiger partial charge in [-0.2, -0.15) is 13.2 Å². The number of halogens is 4. The number of nitrogens with one attached hydrogen (secondary N) is 2. The number of benzene rings is 2. The maximum atomic E-state index is 12.4. The molecule has 198 valence electrons. The van der Waals surface area contributed by atoms with Gasteiger partial charge < -0.3 is 20.5 Å². The normalized spacial score (nSPS) is 10.7. The van der Waals surface area contributed by atoms with Crippen LogP contribution >= 0.6 is 11.6 Å². The first kappa shape index (κ1) is 29.4. The number of aliphatic carboxylic acids is 1. The van der Waals surface area contributed by atoms with E-state index in [1.54, 1.807) is 19.2 Å². The third-order valence-corrected chi connectivity index (χ3v) is 5.01. The van der Waals surface area contributed by atoms with Crippen LogP contribution in [0.15, 0.2) is 54.7 Å². The highest BCUT2D eigenvalue weighted by Gasteiger charge is 2.38. The van der Waals surface area contributed by atoms with E-state index in [-0.39, 0.29) is 18.3 Å². The fraction of sp³-hybridized carbons (Fsp3) is 0.280. The molecular weight excluding hydrogens is 515 g/mol. The van der Waals surface area contributed by atoms with Gasteiger partial charge in [-0.1, -0.05) is 29.8 Å². The van der Waals surface area contributed by atoms with Crippen LogP contribution in [0.25, 0.3) is 10.9 Å². The van der Waals surface area contributed by atoms with E-state index in [9.17, 15) is 22.8 Å². The number of amides is 1. The first-order valence-electron chi connectivity index (χ1n) is 11.1. The van der Waals surface area contributed by atoms with Crippen molar-refractivity contribution in [2.45, 2.75) is 32.4 Å². The number of carbonyl (C=O) groups is 3. The van der Waals surface area contributed by atoms with E-state index in [2.05, 4.69) is 15.6 Å². The number of para-hydroxylation sites is 1. The van der Waals surface area contributed by atoms with Crippen LogP contribution < -0.4 is 10.6 Å². The van der Waals surface area contributed by atoms with Crippen LogP contribution in [0.2, 0.25) is 5.02 Å². The molecule has 3 rings (SSSR count). The van der Waals surface area contributed by atoms with Crippen molar-refractivity contribution in [3.8, 4) is 0 Å². The number of fused-ring (bicyclic) bond motifs is 1. The third-order valence-electron chi connectivity index (χ3n) is 4.77. The molecule has 3 aromatic rings. The summed E-state index contributed by atoms with van der Waals surface area (Å²) in [5.74, 6) is -3.17. The molecule has 8 nitrogen and oxygen atoms in total. The second-order valence-corrected chi connectivity index (χ2v) is 7.98. The molecule has 0 saturated carbocycles. The van der Waals surface area contributed by atoms with Gasteiger partial charge in [0.15, 0.2) is 0 Å². The van der Waals surface area contributed by atoms with Crippen LogP contribution in [0, 0.1) is 0 Å². The molecule has 0 bridgehead atoms. The molecule has 0 spiro atoms. The fourth-order valence-corrected chi connectivity index (χ4v) is 3.29. The van der Waals surface area contributed by atoms with E-state index in [1.165, 1.54) is 0 Å². The zero-order chi connectivity index (χ0) is 27.4. The van der Waals surface area contributed by atoms with Gasteiger partial charge in [0.25, 0.3) is 0 Å². The number of anilines is 2. The van der Waals surface area contributed by atoms with Crippen LogP contribution in [0.3, 0.4) is 0 Å². The molecular formula is C25H25ClF3N3O5. The van der Waals surface area contributed by atoms with Gasteiger partial charge >= 0.3 is 18.1 Å². The molecule has 0 fully saturated rings. The van der Waals surface area contributed by atoms with Crippen molar-refractivity contribution in [1.29, 1.82) is 0 Å². The Morgan fingerprint density at radius 2 is 1.78 bits per heavy atom. The largest absolute Gasteiger partial charge is 0.490 e. The van der Waals surface area contributed by atoms with Gasteiger partial charge in [0.1, 0.15) is 0 Å². The summed E-state index contributed by atoms with van der Waals surface area (Å²) in [4.78, 5) is 37.3. The number of alkyl halides is 3. The molecule has 0 aliphatic heterocycles. The molecule has 1 aromatic heterocycles. The van der Waals surface area contributed by atoms with Gasteiger partial charge in [-0.3, -0.25) is 14.6 Å². The van der Waals surface area contributed by atoms with Crippen molar-refractivity contribution in [2.24, 2.45) is 0 Å². The Morgan fingerprint density at radius 3 is 2.46 bits per heavy atom. The zero-order valence-electron chi connectivity index (χ0n) is 19.8. The lowest BCUT2D eigenvalue weighted by atomic mass is 10.1. The van der Waals surface area contributed by atoms with E-state index in [1.807, 2.05) is 42.5 Å². The smallest absolute Gasteiger partial charge is 0.475 e. The van der Waals surface area contributed by atoms with Crippen LogP contribution in [-0.4, -0.2) is 47.3 Å². The second kappa shape index (κ2) is 14.0. The van der Waals surface area contributed by atoms with Crippen LogP contribution in [0.4, 0.5) is 24.5 Å². The highest BCUT2D eigenvalue weighted by molar-refractivity contribution is 6.31. The number of aromatic nitrogens is 1. The molecule has 0 aliphatic carbocycles. The Labute approximate surface area is 215 Å². The topological polar surface area (TPSA) is 118 Å². The maximum Gasteiger partial charge on any atom is 0.490 e. The minimum absolute atomic E-state index is 0.0977. The SMILES string of the molecule is CCOC(=O)Cc1ccccc1NC(=O)CCCNc1ccnc2cc(Cl)ccc12.O=C(O)C(F)(F)F. The Bertz CT molecular complexity index is 1240. The maximum absolute atomic E-state index is 12.4. The number of hydrogen-bond donors (Lipinski definition) is 3. The van der Waals surface area contributed by atoms with E-state index < -0.39 is 12.1 Å². The highest BCUT2D eigenvalue weighted by atomic mass is 35.5. The Morgan fingerprint density at radius 1 is 1.08 bits per heavy atom. The zero-order valence-corrected chi connectivity index (χ0v) is 20.5. The number of carbonyl (C=O) groups excluding carboxylic acids is 2. The first-order valence-corrected chi connectivity index (χ1v) is 11.5. The molecule has 0 radical (unpaired) electrons. The average molecular weight is 540 g/mol. The minimum Gasteiger partial charge on any atom is -0.475 e. The number of nitrogens with zero attached hydrogens (tertiary/aromatic N) is 1. The molecule has 0 unspecified atom stereocenters. The Hall–Kier alpha value is -3.86. The standard InChI is InChI=1S/C23H24ClN3O3.C2HF3O2/c1-2-30-23(29)14-16-6-3-4-7-19(16)27-22(28)8-5-12-25-20-11-13-26-21-15-17(24)9-10-18(20)21;3-2(4,5)1(6)7/h3-4,6-7,9-11,13,15H,2,5,8,12,14H2,1H3,(H,25,26)(H,27,28);(H,6,7). The summed E-state index contributed by atoms with van der Waals surface area (Å²) < 4.78 is 36.7. The summed E-state index contributed by atoms with van der Waals surface area (Å²) in [6.07, 6.45) is -2.21. The predicted octanol–water partition coefficient (Wildman–Crippen LogP) is 5.46. The molecule has 0 atom stereocenters.